The van der Waals surface area contributed by atoms with Gasteiger partial charge in [0.1, 0.15) is 19.0 Å². The highest BCUT2D eigenvalue weighted by atomic mass is 19.2. The number of ketones is 1. The van der Waals surface area contributed by atoms with Gasteiger partial charge < -0.3 is 14.2 Å². The lowest BCUT2D eigenvalue weighted by Crippen LogP contribution is -2.08. The van der Waals surface area contributed by atoms with Gasteiger partial charge in [-0.1, -0.05) is 30.3 Å². The van der Waals surface area contributed by atoms with E-state index in [1.165, 1.54) is 24.4 Å². The quantitative estimate of drug-likeness (QED) is 0.271. The lowest BCUT2D eigenvalue weighted by Gasteiger charge is -2.10. The van der Waals surface area contributed by atoms with Crippen molar-refractivity contribution in [2.24, 2.45) is 0 Å². The fourth-order valence-corrected chi connectivity index (χ4v) is 3.14. The standard InChI is InChI=1S/C25H20F2N2O4/c1-31-9-10-32-23-14-28-21-8-7-17(11-22(21)29-23)25(30)19-12-18(13-20(26)24(19)27)33-15-16-5-3-2-4-6-16/h2-8,11-14H,9-10,15H2,1H3. The summed E-state index contributed by atoms with van der Waals surface area (Å²) in [6.45, 7) is 0.818. The third-order valence-corrected chi connectivity index (χ3v) is 4.81. The Hall–Kier alpha value is -3.91. The van der Waals surface area contributed by atoms with Crippen molar-refractivity contribution >= 4 is 16.8 Å². The number of aromatic nitrogens is 2. The van der Waals surface area contributed by atoms with Crippen LogP contribution in [0.15, 0.2) is 66.9 Å². The van der Waals surface area contributed by atoms with Crippen molar-refractivity contribution in [1.82, 2.24) is 9.97 Å². The van der Waals surface area contributed by atoms with Crippen molar-refractivity contribution < 1.29 is 27.8 Å². The molecule has 6 nitrogen and oxygen atoms in total. The first-order valence-corrected chi connectivity index (χ1v) is 10.1. The van der Waals surface area contributed by atoms with Gasteiger partial charge in [0.25, 0.3) is 0 Å². The maximum absolute atomic E-state index is 14.5. The van der Waals surface area contributed by atoms with Gasteiger partial charge in [0.05, 0.1) is 29.4 Å². The second-order valence-electron chi connectivity index (χ2n) is 7.12. The highest BCUT2D eigenvalue weighted by Gasteiger charge is 2.20. The predicted molar refractivity (Wildman–Crippen MR) is 117 cm³/mol. The van der Waals surface area contributed by atoms with Crippen LogP contribution in [0.5, 0.6) is 11.6 Å². The van der Waals surface area contributed by atoms with Crippen molar-refractivity contribution in [3.05, 3.63) is 95.2 Å². The number of benzene rings is 3. The van der Waals surface area contributed by atoms with E-state index in [-0.39, 0.29) is 30.4 Å². The fraction of sp³-hybridized carbons (Fsp3) is 0.160. The average molecular weight is 450 g/mol. The van der Waals surface area contributed by atoms with Crippen molar-refractivity contribution in [3.8, 4) is 11.6 Å². The number of ether oxygens (including phenoxy) is 3. The van der Waals surface area contributed by atoms with Gasteiger partial charge in [0, 0.05) is 18.7 Å². The molecule has 0 saturated heterocycles. The number of carbonyl (C=O) groups is 1. The SMILES string of the molecule is COCCOc1cnc2ccc(C(=O)c3cc(OCc4ccccc4)cc(F)c3F)cc2n1. The molecule has 1 aromatic heterocycles. The second kappa shape index (κ2) is 10.1. The van der Waals surface area contributed by atoms with E-state index < -0.39 is 23.0 Å². The molecular weight excluding hydrogens is 430 g/mol. The summed E-state index contributed by atoms with van der Waals surface area (Å²) in [4.78, 5) is 21.6. The zero-order valence-electron chi connectivity index (χ0n) is 17.8. The molecule has 4 aromatic rings. The molecule has 0 bridgehead atoms. The molecule has 0 N–H and O–H groups in total. The number of halogens is 2. The number of nitrogens with zero attached hydrogens (tertiary/aromatic N) is 2. The molecule has 1 heterocycles. The van der Waals surface area contributed by atoms with E-state index >= 15 is 0 Å². The molecule has 0 amide bonds. The van der Waals surface area contributed by atoms with Crippen LogP contribution < -0.4 is 9.47 Å². The first-order valence-electron chi connectivity index (χ1n) is 10.1. The highest BCUT2D eigenvalue weighted by molar-refractivity contribution is 6.10. The summed E-state index contributed by atoms with van der Waals surface area (Å²) in [5, 5.41) is 0. The Labute approximate surface area is 188 Å². The summed E-state index contributed by atoms with van der Waals surface area (Å²) in [6, 6.07) is 15.9. The first-order chi connectivity index (χ1) is 16.0. The zero-order chi connectivity index (χ0) is 23.2. The van der Waals surface area contributed by atoms with Crippen molar-refractivity contribution in [2.75, 3.05) is 20.3 Å². The van der Waals surface area contributed by atoms with Gasteiger partial charge in [-0.2, -0.15) is 0 Å². The molecule has 0 atom stereocenters. The van der Waals surface area contributed by atoms with Crippen LogP contribution in [0.2, 0.25) is 0 Å². The minimum absolute atomic E-state index is 0.0514. The summed E-state index contributed by atoms with van der Waals surface area (Å²) < 4.78 is 44.7. The molecule has 4 rings (SSSR count). The summed E-state index contributed by atoms with van der Waals surface area (Å²) in [5.41, 5.74) is 1.46. The van der Waals surface area contributed by atoms with Crippen LogP contribution in [-0.2, 0) is 11.3 Å². The summed E-state index contributed by atoms with van der Waals surface area (Å²) in [7, 11) is 1.55. The van der Waals surface area contributed by atoms with Gasteiger partial charge in [-0.3, -0.25) is 4.79 Å². The summed E-state index contributed by atoms with van der Waals surface area (Å²) in [5.74, 6) is -2.80. The van der Waals surface area contributed by atoms with Gasteiger partial charge in [0.15, 0.2) is 17.4 Å². The number of hydrogen-bond acceptors (Lipinski definition) is 6. The molecule has 168 valence electrons. The molecule has 0 aliphatic rings. The van der Waals surface area contributed by atoms with E-state index in [0.29, 0.717) is 17.6 Å². The Balaban J connectivity index is 1.60. The minimum atomic E-state index is -1.24. The molecule has 3 aromatic carbocycles. The minimum Gasteiger partial charge on any atom is -0.489 e. The molecule has 33 heavy (non-hydrogen) atoms. The summed E-state index contributed by atoms with van der Waals surface area (Å²) in [6.07, 6.45) is 1.46. The monoisotopic (exact) mass is 450 g/mol. The number of methoxy groups -OCH3 is 1. The van der Waals surface area contributed by atoms with Crippen molar-refractivity contribution in [2.45, 2.75) is 6.61 Å². The van der Waals surface area contributed by atoms with E-state index in [4.69, 9.17) is 14.2 Å². The van der Waals surface area contributed by atoms with Crippen LogP contribution in [0.25, 0.3) is 11.0 Å². The van der Waals surface area contributed by atoms with Crippen LogP contribution in [0.1, 0.15) is 21.5 Å². The van der Waals surface area contributed by atoms with Crippen molar-refractivity contribution in [1.29, 1.82) is 0 Å². The highest BCUT2D eigenvalue weighted by Crippen LogP contribution is 2.25. The molecule has 0 saturated carbocycles. The topological polar surface area (TPSA) is 70.5 Å². The van der Waals surface area contributed by atoms with Gasteiger partial charge >= 0.3 is 0 Å². The number of rotatable bonds is 9. The number of hydrogen-bond donors (Lipinski definition) is 0. The zero-order valence-corrected chi connectivity index (χ0v) is 17.8. The Morgan fingerprint density at radius 2 is 1.76 bits per heavy atom. The maximum atomic E-state index is 14.5. The molecule has 0 aliphatic carbocycles. The van der Waals surface area contributed by atoms with Crippen LogP contribution in [0.3, 0.4) is 0 Å². The largest absolute Gasteiger partial charge is 0.489 e. The normalized spacial score (nSPS) is 10.9. The van der Waals surface area contributed by atoms with E-state index in [2.05, 4.69) is 9.97 Å². The molecule has 0 radical (unpaired) electrons. The Morgan fingerprint density at radius 1 is 0.939 bits per heavy atom. The Morgan fingerprint density at radius 3 is 2.55 bits per heavy atom. The Bertz CT molecular complexity index is 1280. The number of fused-ring (bicyclic) bond motifs is 1. The van der Waals surface area contributed by atoms with Crippen molar-refractivity contribution in [3.63, 3.8) is 0 Å². The van der Waals surface area contributed by atoms with E-state index in [1.807, 2.05) is 30.3 Å². The van der Waals surface area contributed by atoms with Gasteiger partial charge in [0.2, 0.25) is 5.88 Å². The van der Waals surface area contributed by atoms with Crippen LogP contribution in [-0.4, -0.2) is 36.1 Å². The maximum Gasteiger partial charge on any atom is 0.232 e. The summed E-state index contributed by atoms with van der Waals surface area (Å²) >= 11 is 0. The van der Waals surface area contributed by atoms with Gasteiger partial charge in [-0.25, -0.2) is 18.7 Å². The average Bonchev–Trinajstić information content (AvgIpc) is 2.84. The van der Waals surface area contributed by atoms with Gasteiger partial charge in [-0.05, 0) is 29.8 Å². The number of carbonyl (C=O) groups excluding carboxylic acids is 1. The second-order valence-corrected chi connectivity index (χ2v) is 7.12. The molecule has 0 spiro atoms. The Kier molecular flexibility index (Phi) is 6.85. The lowest BCUT2D eigenvalue weighted by molar-refractivity contribution is 0.103. The van der Waals surface area contributed by atoms with Crippen LogP contribution >= 0.6 is 0 Å². The lowest BCUT2D eigenvalue weighted by atomic mass is 10.0. The predicted octanol–water partition coefficient (Wildman–Crippen LogP) is 4.74. The smallest absolute Gasteiger partial charge is 0.232 e. The molecular formula is C25H20F2N2O4. The molecule has 0 aliphatic heterocycles. The van der Waals surface area contributed by atoms with Crippen LogP contribution in [0, 0.1) is 11.6 Å². The molecule has 8 heteroatoms. The van der Waals surface area contributed by atoms with E-state index in [0.717, 1.165) is 11.6 Å². The van der Waals surface area contributed by atoms with Gasteiger partial charge in [-0.15, -0.1) is 0 Å². The third-order valence-electron chi connectivity index (χ3n) is 4.81. The van der Waals surface area contributed by atoms with E-state index in [1.54, 1.807) is 13.2 Å². The third kappa shape index (κ3) is 5.30. The fourth-order valence-electron chi connectivity index (χ4n) is 3.14. The molecule has 0 fully saturated rings. The van der Waals surface area contributed by atoms with E-state index in [9.17, 15) is 13.6 Å². The molecule has 0 unspecified atom stereocenters. The first kappa shape index (κ1) is 22.3. The van der Waals surface area contributed by atoms with Crippen LogP contribution in [0.4, 0.5) is 8.78 Å².